The minimum absolute atomic E-state index is 0.0821. The maximum absolute atomic E-state index is 12.1. The maximum Gasteiger partial charge on any atom is 0.410 e. The summed E-state index contributed by atoms with van der Waals surface area (Å²) in [6, 6.07) is -0.137. The standard InChI is InChI=1S/C16H25ClN4O4/c1-5-12-13(14(22)24-10-17)18-19-21(12)11-6-8-20(9-7-11)15(23)25-16(2,3)4/h11H,5-10H2,1-4H3. The summed E-state index contributed by atoms with van der Waals surface area (Å²) in [4.78, 5) is 25.7. The lowest BCUT2D eigenvalue weighted by molar-refractivity contribution is 0.0183. The van der Waals surface area contributed by atoms with Gasteiger partial charge in [0.15, 0.2) is 11.8 Å². The van der Waals surface area contributed by atoms with Crippen LogP contribution in [0, 0.1) is 0 Å². The predicted molar refractivity (Wildman–Crippen MR) is 91.6 cm³/mol. The van der Waals surface area contributed by atoms with Crippen molar-refractivity contribution in [1.29, 1.82) is 0 Å². The van der Waals surface area contributed by atoms with Crippen LogP contribution in [-0.4, -0.2) is 56.7 Å². The number of aromatic nitrogens is 3. The van der Waals surface area contributed by atoms with E-state index in [1.807, 2.05) is 27.7 Å². The molecule has 0 N–H and O–H groups in total. The van der Waals surface area contributed by atoms with Gasteiger partial charge in [-0.1, -0.05) is 23.7 Å². The number of rotatable bonds is 4. The summed E-state index contributed by atoms with van der Waals surface area (Å²) < 4.78 is 12.0. The molecule has 0 atom stereocenters. The van der Waals surface area contributed by atoms with Gasteiger partial charge in [0, 0.05) is 13.1 Å². The highest BCUT2D eigenvalue weighted by molar-refractivity contribution is 6.17. The zero-order valence-electron chi connectivity index (χ0n) is 15.1. The largest absolute Gasteiger partial charge is 0.445 e. The number of amides is 1. The van der Waals surface area contributed by atoms with Crippen LogP contribution in [0.25, 0.3) is 0 Å². The summed E-state index contributed by atoms with van der Waals surface area (Å²) in [5, 5.41) is 8.09. The van der Waals surface area contributed by atoms with Crippen molar-refractivity contribution >= 4 is 23.7 Å². The van der Waals surface area contributed by atoms with Gasteiger partial charge in [0.2, 0.25) is 0 Å². The van der Waals surface area contributed by atoms with Crippen LogP contribution in [0.2, 0.25) is 0 Å². The average Bonchev–Trinajstić information content (AvgIpc) is 2.97. The molecule has 0 aromatic carbocycles. The number of nitrogens with zero attached hydrogens (tertiary/aromatic N) is 4. The molecule has 1 fully saturated rings. The van der Waals surface area contributed by atoms with Crippen LogP contribution in [-0.2, 0) is 15.9 Å². The predicted octanol–water partition coefficient (Wildman–Crippen LogP) is 2.77. The second-order valence-corrected chi connectivity index (χ2v) is 7.14. The normalized spacial score (nSPS) is 16.0. The van der Waals surface area contributed by atoms with Crippen LogP contribution in [0.4, 0.5) is 4.79 Å². The molecule has 25 heavy (non-hydrogen) atoms. The zero-order valence-corrected chi connectivity index (χ0v) is 15.9. The Labute approximate surface area is 152 Å². The molecule has 140 valence electrons. The van der Waals surface area contributed by atoms with E-state index in [-0.39, 0.29) is 23.9 Å². The van der Waals surface area contributed by atoms with E-state index >= 15 is 0 Å². The van der Waals surface area contributed by atoms with Gasteiger partial charge in [-0.05, 0) is 40.0 Å². The molecule has 0 bridgehead atoms. The molecule has 0 aliphatic carbocycles. The van der Waals surface area contributed by atoms with Crippen molar-refractivity contribution in [3.05, 3.63) is 11.4 Å². The number of halogens is 1. The van der Waals surface area contributed by atoms with Crippen molar-refractivity contribution < 1.29 is 19.1 Å². The summed E-state index contributed by atoms with van der Waals surface area (Å²) >= 11 is 5.44. The fraction of sp³-hybridized carbons (Fsp3) is 0.750. The Bertz CT molecular complexity index is 618. The summed E-state index contributed by atoms with van der Waals surface area (Å²) in [6.07, 6.45) is 1.75. The van der Waals surface area contributed by atoms with Crippen molar-refractivity contribution in [2.24, 2.45) is 0 Å². The number of likely N-dealkylation sites (tertiary alicyclic amines) is 1. The highest BCUT2D eigenvalue weighted by atomic mass is 35.5. The quantitative estimate of drug-likeness (QED) is 0.596. The molecule has 0 spiro atoms. The summed E-state index contributed by atoms with van der Waals surface area (Å²) in [5.41, 5.74) is 0.427. The van der Waals surface area contributed by atoms with Crippen LogP contribution in [0.3, 0.4) is 0 Å². The first-order valence-electron chi connectivity index (χ1n) is 8.42. The molecule has 1 amide bonds. The average molecular weight is 373 g/mol. The lowest BCUT2D eigenvalue weighted by Crippen LogP contribution is -2.42. The molecular weight excluding hydrogens is 348 g/mol. The van der Waals surface area contributed by atoms with Crippen LogP contribution >= 0.6 is 11.6 Å². The number of esters is 1. The third-order valence-electron chi connectivity index (χ3n) is 3.97. The van der Waals surface area contributed by atoms with Crippen molar-refractivity contribution in [2.45, 2.75) is 58.6 Å². The Morgan fingerprint density at radius 2 is 1.92 bits per heavy atom. The van der Waals surface area contributed by atoms with Crippen LogP contribution in [0.15, 0.2) is 0 Å². The molecule has 1 aliphatic rings. The van der Waals surface area contributed by atoms with Crippen LogP contribution in [0.1, 0.15) is 62.8 Å². The van der Waals surface area contributed by atoms with Crippen molar-refractivity contribution in [3.63, 3.8) is 0 Å². The van der Waals surface area contributed by atoms with E-state index in [0.29, 0.717) is 19.5 Å². The summed E-state index contributed by atoms with van der Waals surface area (Å²) in [5.74, 6) is -0.565. The molecule has 0 unspecified atom stereocenters. The van der Waals surface area contributed by atoms with Gasteiger partial charge in [-0.3, -0.25) is 0 Å². The maximum atomic E-state index is 12.1. The summed E-state index contributed by atoms with van der Waals surface area (Å²) in [7, 11) is 0. The number of carbonyl (C=O) groups excluding carboxylic acids is 2. The molecule has 2 heterocycles. The van der Waals surface area contributed by atoms with Crippen LogP contribution in [0.5, 0.6) is 0 Å². The Morgan fingerprint density at radius 1 is 1.28 bits per heavy atom. The lowest BCUT2D eigenvalue weighted by atomic mass is 10.0. The van der Waals surface area contributed by atoms with E-state index < -0.39 is 11.6 Å². The number of piperidine rings is 1. The van der Waals surface area contributed by atoms with E-state index in [0.717, 1.165) is 18.5 Å². The molecule has 2 rings (SSSR count). The molecule has 1 saturated heterocycles. The molecule has 8 nitrogen and oxygen atoms in total. The number of hydrogen-bond acceptors (Lipinski definition) is 6. The van der Waals surface area contributed by atoms with E-state index in [9.17, 15) is 9.59 Å². The number of carbonyl (C=O) groups is 2. The Kier molecular flexibility index (Phi) is 6.26. The first kappa shape index (κ1) is 19.5. The second kappa shape index (κ2) is 8.03. The Morgan fingerprint density at radius 3 is 2.44 bits per heavy atom. The molecular formula is C16H25ClN4O4. The van der Waals surface area contributed by atoms with Gasteiger partial charge in [-0.25, -0.2) is 14.3 Å². The highest BCUT2D eigenvalue weighted by Gasteiger charge is 2.30. The fourth-order valence-electron chi connectivity index (χ4n) is 2.83. The number of alkyl halides is 1. The Hall–Kier alpha value is -1.83. The van der Waals surface area contributed by atoms with E-state index in [2.05, 4.69) is 10.3 Å². The van der Waals surface area contributed by atoms with E-state index in [1.54, 1.807) is 9.58 Å². The van der Waals surface area contributed by atoms with Crippen LogP contribution < -0.4 is 0 Å². The highest BCUT2D eigenvalue weighted by Crippen LogP contribution is 2.25. The first-order chi connectivity index (χ1) is 11.8. The molecule has 1 aromatic heterocycles. The summed E-state index contributed by atoms with van der Waals surface area (Å²) in [6.45, 7) is 8.63. The molecule has 0 radical (unpaired) electrons. The topological polar surface area (TPSA) is 86.5 Å². The number of hydrogen-bond donors (Lipinski definition) is 0. The molecule has 1 aliphatic heterocycles. The fourth-order valence-corrected chi connectivity index (χ4v) is 2.93. The van der Waals surface area contributed by atoms with Gasteiger partial charge < -0.3 is 14.4 Å². The van der Waals surface area contributed by atoms with Crippen molar-refractivity contribution in [1.82, 2.24) is 19.9 Å². The monoisotopic (exact) mass is 372 g/mol. The number of ether oxygens (including phenoxy) is 2. The minimum Gasteiger partial charge on any atom is -0.445 e. The van der Waals surface area contributed by atoms with Gasteiger partial charge in [0.05, 0.1) is 11.7 Å². The molecule has 1 aromatic rings. The van der Waals surface area contributed by atoms with E-state index in [4.69, 9.17) is 21.1 Å². The van der Waals surface area contributed by atoms with Crippen molar-refractivity contribution in [2.75, 3.05) is 19.2 Å². The zero-order chi connectivity index (χ0) is 18.6. The Balaban J connectivity index is 2.03. The SMILES string of the molecule is CCc1c(C(=O)OCCl)nnn1C1CCN(C(=O)OC(C)(C)C)CC1. The lowest BCUT2D eigenvalue weighted by Gasteiger charge is -2.33. The van der Waals surface area contributed by atoms with Gasteiger partial charge in [-0.15, -0.1) is 5.10 Å². The van der Waals surface area contributed by atoms with Gasteiger partial charge in [0.1, 0.15) is 5.60 Å². The smallest absolute Gasteiger partial charge is 0.410 e. The second-order valence-electron chi connectivity index (χ2n) is 6.92. The van der Waals surface area contributed by atoms with Gasteiger partial charge in [0.25, 0.3) is 0 Å². The minimum atomic E-state index is -0.565. The third kappa shape index (κ3) is 4.84. The molecule has 0 saturated carbocycles. The third-order valence-corrected chi connectivity index (χ3v) is 4.08. The molecule has 9 heteroatoms. The van der Waals surface area contributed by atoms with Gasteiger partial charge >= 0.3 is 12.1 Å². The van der Waals surface area contributed by atoms with Gasteiger partial charge in [-0.2, -0.15) is 0 Å². The first-order valence-corrected chi connectivity index (χ1v) is 8.95. The van der Waals surface area contributed by atoms with Crippen molar-refractivity contribution in [3.8, 4) is 0 Å². The van der Waals surface area contributed by atoms with E-state index in [1.165, 1.54) is 0 Å².